The van der Waals surface area contributed by atoms with E-state index < -0.39 is 0 Å². The molecule has 2 nitrogen and oxygen atoms in total. The highest BCUT2D eigenvalue weighted by Gasteiger charge is 2.27. The van der Waals surface area contributed by atoms with Crippen LogP contribution >= 0.6 is 11.6 Å². The molecule has 0 aromatic carbocycles. The van der Waals surface area contributed by atoms with Crippen LogP contribution in [0.25, 0.3) is 0 Å². The van der Waals surface area contributed by atoms with E-state index in [0.29, 0.717) is 5.41 Å². The normalized spacial score (nSPS) is 24.2. The molecule has 0 saturated heterocycles. The molecule has 1 aromatic rings. The average molecular weight is 239 g/mol. The van der Waals surface area contributed by atoms with Gasteiger partial charge in [-0.25, -0.2) is 0 Å². The number of alkyl halides is 1. The van der Waals surface area contributed by atoms with Crippen molar-refractivity contribution >= 4 is 11.6 Å². The first-order chi connectivity index (χ1) is 7.44. The Labute approximate surface area is 102 Å². The van der Waals surface area contributed by atoms with Gasteiger partial charge in [-0.15, -0.1) is 11.6 Å². The van der Waals surface area contributed by atoms with E-state index in [1.807, 2.05) is 17.9 Å². The summed E-state index contributed by atoms with van der Waals surface area (Å²) in [5.41, 5.74) is 3.05. The van der Waals surface area contributed by atoms with Crippen LogP contribution in [-0.2, 0) is 13.5 Å². The van der Waals surface area contributed by atoms with E-state index in [1.54, 1.807) is 0 Å². The van der Waals surface area contributed by atoms with Gasteiger partial charge in [0.25, 0.3) is 0 Å². The summed E-state index contributed by atoms with van der Waals surface area (Å²) < 4.78 is 1.85. The maximum absolute atomic E-state index is 6.27. The van der Waals surface area contributed by atoms with E-state index in [9.17, 15) is 0 Å². The lowest BCUT2D eigenvalue weighted by atomic mass is 9.76. The molecule has 0 aliphatic heterocycles. The number of nitrogens with zero attached hydrogens (tertiary/aromatic N) is 2. The van der Waals surface area contributed by atoms with E-state index in [0.717, 1.165) is 19.3 Å². The molecule has 1 aliphatic carbocycles. The van der Waals surface area contributed by atoms with Gasteiger partial charge in [0.15, 0.2) is 0 Å². The molecule has 0 bridgehead atoms. The zero-order valence-corrected chi connectivity index (χ0v) is 11.0. The van der Waals surface area contributed by atoms with Crippen molar-refractivity contribution in [2.45, 2.75) is 38.5 Å². The van der Waals surface area contributed by atoms with Crippen molar-refractivity contribution in [3.05, 3.63) is 29.6 Å². The summed E-state index contributed by atoms with van der Waals surface area (Å²) in [6.07, 6.45) is 9.44. The summed E-state index contributed by atoms with van der Waals surface area (Å²) in [7, 11) is 1.95. The third-order valence-electron chi connectivity index (χ3n) is 3.06. The first kappa shape index (κ1) is 11.7. The zero-order chi connectivity index (χ0) is 11.8. The number of allylic oxidation sites excluding steroid dienone is 2. The van der Waals surface area contributed by atoms with Gasteiger partial charge in [-0.05, 0) is 30.2 Å². The van der Waals surface area contributed by atoms with E-state index in [1.165, 1.54) is 11.1 Å². The molecule has 88 valence electrons. The van der Waals surface area contributed by atoms with E-state index in [-0.39, 0.29) is 5.38 Å². The van der Waals surface area contributed by atoms with Crippen LogP contribution in [-0.4, -0.2) is 15.2 Å². The molecule has 2 rings (SSSR count). The Morgan fingerprint density at radius 3 is 2.88 bits per heavy atom. The maximum Gasteiger partial charge on any atom is 0.0524 e. The van der Waals surface area contributed by atoms with Crippen molar-refractivity contribution in [3.63, 3.8) is 0 Å². The third kappa shape index (κ3) is 2.88. The summed E-state index contributed by atoms with van der Waals surface area (Å²) >= 11 is 6.27. The minimum Gasteiger partial charge on any atom is -0.276 e. The highest BCUT2D eigenvalue weighted by Crippen LogP contribution is 2.38. The summed E-state index contributed by atoms with van der Waals surface area (Å²) in [4.78, 5) is 0. The smallest absolute Gasteiger partial charge is 0.0524 e. The number of aromatic nitrogens is 2. The largest absolute Gasteiger partial charge is 0.276 e. The maximum atomic E-state index is 6.27. The Bertz CT molecular complexity index is 404. The summed E-state index contributed by atoms with van der Waals surface area (Å²) in [5.74, 6) is 0. The van der Waals surface area contributed by atoms with Crippen LogP contribution in [0.2, 0.25) is 0 Å². The van der Waals surface area contributed by atoms with Crippen molar-refractivity contribution in [2.75, 3.05) is 0 Å². The van der Waals surface area contributed by atoms with Crippen LogP contribution in [0, 0.1) is 5.41 Å². The topological polar surface area (TPSA) is 17.8 Å². The van der Waals surface area contributed by atoms with Crippen LogP contribution < -0.4 is 0 Å². The first-order valence-electron chi connectivity index (χ1n) is 5.76. The highest BCUT2D eigenvalue weighted by molar-refractivity contribution is 6.21. The van der Waals surface area contributed by atoms with E-state index >= 15 is 0 Å². The van der Waals surface area contributed by atoms with Gasteiger partial charge in [0.05, 0.1) is 11.6 Å². The van der Waals surface area contributed by atoms with Gasteiger partial charge < -0.3 is 0 Å². The molecule has 1 aliphatic rings. The van der Waals surface area contributed by atoms with Crippen molar-refractivity contribution in [1.82, 2.24) is 9.78 Å². The van der Waals surface area contributed by atoms with Crippen molar-refractivity contribution in [2.24, 2.45) is 12.5 Å². The average Bonchev–Trinajstić information content (AvgIpc) is 2.46. The predicted octanol–water partition coefficient (Wildman–Crippen LogP) is 3.32. The van der Waals surface area contributed by atoms with Crippen LogP contribution in [0.3, 0.4) is 0 Å². The number of hydrogen-bond acceptors (Lipinski definition) is 1. The second kappa shape index (κ2) is 4.25. The van der Waals surface area contributed by atoms with Crippen LogP contribution in [0.5, 0.6) is 0 Å². The first-order valence-corrected chi connectivity index (χ1v) is 6.19. The van der Waals surface area contributed by atoms with E-state index in [4.69, 9.17) is 11.6 Å². The molecule has 0 fully saturated rings. The lowest BCUT2D eigenvalue weighted by molar-refractivity contribution is 0.320. The number of halogens is 1. The van der Waals surface area contributed by atoms with Crippen molar-refractivity contribution < 1.29 is 0 Å². The Morgan fingerprint density at radius 2 is 2.31 bits per heavy atom. The van der Waals surface area contributed by atoms with Gasteiger partial charge in [-0.1, -0.05) is 25.5 Å². The number of aryl methyl sites for hydroxylation is 1. The molecule has 0 amide bonds. The van der Waals surface area contributed by atoms with Gasteiger partial charge >= 0.3 is 0 Å². The fraction of sp³-hybridized carbons (Fsp3) is 0.615. The van der Waals surface area contributed by atoms with Crippen molar-refractivity contribution in [3.8, 4) is 0 Å². The molecule has 0 saturated carbocycles. The molecule has 3 heteroatoms. The molecule has 1 aromatic heterocycles. The zero-order valence-electron chi connectivity index (χ0n) is 10.2. The van der Waals surface area contributed by atoms with Gasteiger partial charge in [0.1, 0.15) is 0 Å². The molecule has 0 N–H and O–H groups in total. The lowest BCUT2D eigenvalue weighted by Crippen LogP contribution is -2.22. The third-order valence-corrected chi connectivity index (χ3v) is 3.34. The second-order valence-electron chi connectivity index (χ2n) is 5.59. The van der Waals surface area contributed by atoms with Crippen LogP contribution in [0.15, 0.2) is 24.0 Å². The van der Waals surface area contributed by atoms with Crippen molar-refractivity contribution in [1.29, 1.82) is 0 Å². The monoisotopic (exact) mass is 238 g/mol. The fourth-order valence-electron chi connectivity index (χ4n) is 2.54. The van der Waals surface area contributed by atoms with E-state index in [2.05, 4.69) is 31.2 Å². The second-order valence-corrected chi connectivity index (χ2v) is 6.15. The quantitative estimate of drug-likeness (QED) is 0.571. The standard InChI is InChI=1S/C13H19ClN2/c1-13(2)6-10(5-12(14)7-13)4-11-8-15-16(3)9-11/h5,8-9,12H,4,6-7H2,1-3H3. The van der Waals surface area contributed by atoms with Crippen LogP contribution in [0.1, 0.15) is 32.3 Å². The Kier molecular flexibility index (Phi) is 3.11. The van der Waals surface area contributed by atoms with Gasteiger partial charge in [-0.2, -0.15) is 5.10 Å². The molecule has 1 atom stereocenters. The summed E-state index contributed by atoms with van der Waals surface area (Å²) in [6.45, 7) is 4.58. The molecule has 16 heavy (non-hydrogen) atoms. The molecule has 0 spiro atoms. The number of hydrogen-bond donors (Lipinski definition) is 0. The van der Waals surface area contributed by atoms with Gasteiger partial charge in [-0.3, -0.25) is 4.68 Å². The minimum absolute atomic E-state index is 0.190. The Morgan fingerprint density at radius 1 is 1.56 bits per heavy atom. The number of rotatable bonds is 2. The Balaban J connectivity index is 2.10. The predicted molar refractivity (Wildman–Crippen MR) is 67.7 cm³/mol. The molecular weight excluding hydrogens is 220 g/mol. The molecule has 1 unspecified atom stereocenters. The van der Waals surface area contributed by atoms with Gasteiger partial charge in [0, 0.05) is 13.2 Å². The highest BCUT2D eigenvalue weighted by atomic mass is 35.5. The molecule has 1 heterocycles. The SMILES string of the molecule is Cn1cc(CC2=CC(Cl)CC(C)(C)C2)cn1. The summed E-state index contributed by atoms with van der Waals surface area (Å²) in [5, 5.41) is 4.38. The fourth-order valence-corrected chi connectivity index (χ4v) is 3.13. The summed E-state index contributed by atoms with van der Waals surface area (Å²) in [6, 6.07) is 0. The Hall–Kier alpha value is -0.760. The molecular formula is C13H19ClN2. The molecule has 0 radical (unpaired) electrons. The van der Waals surface area contributed by atoms with Crippen LogP contribution in [0.4, 0.5) is 0 Å². The lowest BCUT2D eigenvalue weighted by Gasteiger charge is -2.32. The van der Waals surface area contributed by atoms with Gasteiger partial charge in [0.2, 0.25) is 0 Å². The minimum atomic E-state index is 0.190.